The highest BCUT2D eigenvalue weighted by molar-refractivity contribution is 6.36. The molecule has 0 aliphatic carbocycles. The maximum atomic E-state index is 6.54. The molecular formula is C26H16Cl2N4. The number of halogens is 2. The summed E-state index contributed by atoms with van der Waals surface area (Å²) in [5, 5.41) is 1.21. The first kappa shape index (κ1) is 19.1. The summed E-state index contributed by atoms with van der Waals surface area (Å²) < 4.78 is 0. The van der Waals surface area contributed by atoms with E-state index in [1.54, 1.807) is 6.07 Å². The summed E-state index contributed by atoms with van der Waals surface area (Å²) in [6.45, 7) is 0. The highest BCUT2D eigenvalue weighted by Gasteiger charge is 2.10. The van der Waals surface area contributed by atoms with Crippen molar-refractivity contribution in [1.29, 1.82) is 0 Å². The largest absolute Gasteiger partial charge is 0.355 e. The van der Waals surface area contributed by atoms with Gasteiger partial charge in [-0.1, -0.05) is 29.3 Å². The van der Waals surface area contributed by atoms with Crippen LogP contribution in [0.4, 0.5) is 0 Å². The van der Waals surface area contributed by atoms with E-state index in [9.17, 15) is 0 Å². The highest BCUT2D eigenvalue weighted by Crippen LogP contribution is 2.34. The first-order valence-electron chi connectivity index (χ1n) is 10.1. The molecule has 0 radical (unpaired) electrons. The Balaban J connectivity index is 1.68. The van der Waals surface area contributed by atoms with E-state index in [0.717, 1.165) is 56.0 Å². The van der Waals surface area contributed by atoms with Gasteiger partial charge in [-0.2, -0.15) is 0 Å². The summed E-state index contributed by atoms with van der Waals surface area (Å²) >= 11 is 12.7. The predicted molar refractivity (Wildman–Crippen MR) is 134 cm³/mol. The monoisotopic (exact) mass is 454 g/mol. The molecule has 0 fully saturated rings. The van der Waals surface area contributed by atoms with E-state index in [4.69, 9.17) is 28.2 Å². The average molecular weight is 455 g/mol. The second-order valence-corrected chi connectivity index (χ2v) is 8.56. The molecule has 0 unspecified atom stereocenters. The van der Waals surface area contributed by atoms with Crippen molar-refractivity contribution >= 4 is 69.6 Å². The van der Waals surface area contributed by atoms with Crippen LogP contribution in [0.3, 0.4) is 0 Å². The van der Waals surface area contributed by atoms with Crippen LogP contribution in [0.2, 0.25) is 10.0 Å². The fourth-order valence-corrected chi connectivity index (χ4v) is 4.46. The van der Waals surface area contributed by atoms with Crippen LogP contribution in [0.5, 0.6) is 0 Å². The van der Waals surface area contributed by atoms with Gasteiger partial charge in [-0.15, -0.1) is 0 Å². The van der Waals surface area contributed by atoms with E-state index in [0.29, 0.717) is 10.0 Å². The van der Waals surface area contributed by atoms with Crippen molar-refractivity contribution in [2.75, 3.05) is 0 Å². The van der Waals surface area contributed by atoms with Gasteiger partial charge in [-0.05, 0) is 78.9 Å². The van der Waals surface area contributed by atoms with E-state index < -0.39 is 0 Å². The predicted octanol–water partition coefficient (Wildman–Crippen LogP) is 7.63. The number of H-pyrrole nitrogens is 2. The lowest BCUT2D eigenvalue weighted by atomic mass is 10.1. The van der Waals surface area contributed by atoms with Gasteiger partial charge in [-0.25, -0.2) is 9.97 Å². The molecule has 0 atom stereocenters. The minimum Gasteiger partial charge on any atom is -0.355 e. The number of benzene rings is 1. The summed E-state index contributed by atoms with van der Waals surface area (Å²) in [5.41, 5.74) is 9.22. The van der Waals surface area contributed by atoms with Gasteiger partial charge in [-0.3, -0.25) is 0 Å². The van der Waals surface area contributed by atoms with Crippen molar-refractivity contribution in [1.82, 2.24) is 19.9 Å². The summed E-state index contributed by atoms with van der Waals surface area (Å²) in [7, 11) is 0. The summed E-state index contributed by atoms with van der Waals surface area (Å²) in [4.78, 5) is 16.3. The Morgan fingerprint density at radius 1 is 0.531 bits per heavy atom. The molecule has 1 aromatic carbocycles. The van der Waals surface area contributed by atoms with E-state index >= 15 is 0 Å². The minimum atomic E-state index is 0.600. The van der Waals surface area contributed by atoms with Crippen LogP contribution in [-0.4, -0.2) is 19.9 Å². The van der Waals surface area contributed by atoms with E-state index in [-0.39, 0.29) is 0 Å². The van der Waals surface area contributed by atoms with E-state index in [2.05, 4.69) is 27.1 Å². The van der Waals surface area contributed by atoms with Crippen molar-refractivity contribution in [3.05, 3.63) is 93.5 Å². The Hall–Kier alpha value is -3.60. The molecule has 4 nitrogen and oxygen atoms in total. The second kappa shape index (κ2) is 7.52. The summed E-state index contributed by atoms with van der Waals surface area (Å²) in [6.07, 6.45) is 7.98. The van der Waals surface area contributed by atoms with Crippen LogP contribution < -0.4 is 0 Å². The third kappa shape index (κ3) is 3.64. The van der Waals surface area contributed by atoms with Gasteiger partial charge in [0.25, 0.3) is 0 Å². The number of nitrogens with one attached hydrogen (secondary N) is 2. The molecule has 5 heterocycles. The van der Waals surface area contributed by atoms with Gasteiger partial charge in [0.1, 0.15) is 0 Å². The first-order chi connectivity index (χ1) is 15.6. The molecule has 6 rings (SSSR count). The van der Waals surface area contributed by atoms with Crippen molar-refractivity contribution in [3.8, 4) is 11.1 Å². The summed E-state index contributed by atoms with van der Waals surface area (Å²) in [6, 6.07) is 19.8. The fraction of sp³-hybridized carbons (Fsp3) is 0. The molecule has 0 amide bonds. The normalized spacial score (nSPS) is 12.4. The van der Waals surface area contributed by atoms with Crippen LogP contribution in [0, 0.1) is 0 Å². The third-order valence-electron chi connectivity index (χ3n) is 5.39. The topological polar surface area (TPSA) is 57.4 Å². The zero-order valence-corrected chi connectivity index (χ0v) is 18.2. The van der Waals surface area contributed by atoms with Crippen molar-refractivity contribution in [2.45, 2.75) is 0 Å². The number of aromatic nitrogens is 4. The van der Waals surface area contributed by atoms with Crippen molar-refractivity contribution in [3.63, 3.8) is 0 Å². The van der Waals surface area contributed by atoms with Crippen LogP contribution in [0.15, 0.2) is 60.7 Å². The zero-order valence-electron chi connectivity index (χ0n) is 16.7. The lowest BCUT2D eigenvalue weighted by Crippen LogP contribution is -1.80. The molecule has 6 heteroatoms. The number of fused-ring (bicyclic) bond motifs is 8. The zero-order chi connectivity index (χ0) is 21.7. The number of aromatic amines is 2. The van der Waals surface area contributed by atoms with Crippen LogP contribution in [-0.2, 0) is 0 Å². The molecule has 8 bridgehead atoms. The Kier molecular flexibility index (Phi) is 4.49. The minimum absolute atomic E-state index is 0.600. The smallest absolute Gasteiger partial charge is 0.0659 e. The maximum Gasteiger partial charge on any atom is 0.0659 e. The Morgan fingerprint density at radius 2 is 1.19 bits per heavy atom. The van der Waals surface area contributed by atoms with E-state index in [1.165, 1.54) is 0 Å². The summed E-state index contributed by atoms with van der Waals surface area (Å²) in [5.74, 6) is 0. The quantitative estimate of drug-likeness (QED) is 0.268. The lowest BCUT2D eigenvalue weighted by molar-refractivity contribution is 1.28. The molecule has 2 N–H and O–H groups in total. The number of hydrogen-bond acceptors (Lipinski definition) is 2. The van der Waals surface area contributed by atoms with Gasteiger partial charge in [0.2, 0.25) is 0 Å². The molecule has 0 saturated carbocycles. The maximum absolute atomic E-state index is 6.54. The van der Waals surface area contributed by atoms with Gasteiger partial charge in [0.05, 0.1) is 22.8 Å². The molecular weight excluding hydrogens is 439 g/mol. The molecule has 0 saturated heterocycles. The van der Waals surface area contributed by atoms with Crippen molar-refractivity contribution < 1.29 is 0 Å². The Morgan fingerprint density at radius 3 is 1.91 bits per heavy atom. The van der Waals surface area contributed by atoms with Crippen molar-refractivity contribution in [2.24, 2.45) is 0 Å². The standard InChI is InChI=1S/C26H16Cl2N4/c27-15-1-8-23(25(28)9-15)24-13-22-12-20-5-4-18(30-20)10-16-2-3-17(29-16)11-19-6-7-21(31-19)14-26(24)32-22/h1-14,30,32H. The molecule has 4 aromatic rings. The number of rotatable bonds is 1. The molecule has 3 aromatic heterocycles. The van der Waals surface area contributed by atoms with Gasteiger partial charge < -0.3 is 9.97 Å². The van der Waals surface area contributed by atoms with Crippen LogP contribution in [0.25, 0.3) is 57.5 Å². The van der Waals surface area contributed by atoms with Crippen LogP contribution >= 0.6 is 23.2 Å². The second-order valence-electron chi connectivity index (χ2n) is 7.71. The number of hydrogen-bond donors (Lipinski definition) is 2. The van der Waals surface area contributed by atoms with Gasteiger partial charge in [0.15, 0.2) is 0 Å². The molecule has 0 spiro atoms. The SMILES string of the molecule is Clc1ccc(-c2cc3cc4ccc(cc5nc(cc6nc(cc2[nH]3)C=C6)C=C5)[nH]4)c(Cl)c1. The van der Waals surface area contributed by atoms with Gasteiger partial charge >= 0.3 is 0 Å². The third-order valence-corrected chi connectivity index (χ3v) is 5.94. The average Bonchev–Trinajstić information content (AvgIpc) is 3.53. The highest BCUT2D eigenvalue weighted by atomic mass is 35.5. The fourth-order valence-electron chi connectivity index (χ4n) is 3.95. The van der Waals surface area contributed by atoms with E-state index in [1.807, 2.05) is 66.8 Å². The molecule has 2 aliphatic rings. The lowest BCUT2D eigenvalue weighted by Gasteiger charge is -2.03. The Labute approximate surface area is 193 Å². The number of nitrogens with zero attached hydrogens (tertiary/aromatic N) is 2. The molecule has 2 aliphatic heterocycles. The van der Waals surface area contributed by atoms with Crippen LogP contribution in [0.1, 0.15) is 22.8 Å². The molecule has 154 valence electrons. The Bertz CT molecular complexity index is 1610. The molecule has 32 heavy (non-hydrogen) atoms. The van der Waals surface area contributed by atoms with Gasteiger partial charge in [0, 0.05) is 43.2 Å². The first-order valence-corrected chi connectivity index (χ1v) is 10.9.